The van der Waals surface area contributed by atoms with Gasteiger partial charge in [0.05, 0.1) is 6.54 Å². The van der Waals surface area contributed by atoms with E-state index in [4.69, 9.17) is 10.2 Å². The molecule has 0 saturated carbocycles. The fourth-order valence-corrected chi connectivity index (χ4v) is 1.54. The molecule has 0 aliphatic carbocycles. The molecule has 0 aliphatic heterocycles. The Morgan fingerprint density at radius 2 is 2.12 bits per heavy atom. The van der Waals surface area contributed by atoms with Gasteiger partial charge in [-0.05, 0) is 25.1 Å². The number of aryl methyl sites for hydroxylation is 1. The zero-order valence-electron chi connectivity index (χ0n) is 9.07. The Morgan fingerprint density at radius 1 is 1.31 bits per heavy atom. The summed E-state index contributed by atoms with van der Waals surface area (Å²) in [5, 5.41) is 0. The summed E-state index contributed by atoms with van der Waals surface area (Å²) in [5.41, 5.74) is 7.11. The summed E-state index contributed by atoms with van der Waals surface area (Å²) < 4.78 is 5.31. The van der Waals surface area contributed by atoms with Crippen LogP contribution >= 0.6 is 0 Å². The van der Waals surface area contributed by atoms with E-state index >= 15 is 0 Å². The molecule has 1 aromatic heterocycles. The molecular formula is C13H13NO2. The topological polar surface area (TPSA) is 56.2 Å². The number of carbonyl (C=O) groups excluding carboxylic acids is 1. The van der Waals surface area contributed by atoms with Gasteiger partial charge in [0, 0.05) is 5.56 Å². The molecule has 3 nitrogen and oxygen atoms in total. The van der Waals surface area contributed by atoms with Crippen molar-refractivity contribution in [2.75, 3.05) is 0 Å². The molecule has 0 unspecified atom stereocenters. The van der Waals surface area contributed by atoms with Crippen molar-refractivity contribution in [3.63, 3.8) is 0 Å². The number of hydrogen-bond acceptors (Lipinski definition) is 3. The van der Waals surface area contributed by atoms with E-state index in [1.54, 1.807) is 18.2 Å². The zero-order valence-corrected chi connectivity index (χ0v) is 9.07. The van der Waals surface area contributed by atoms with Gasteiger partial charge < -0.3 is 10.2 Å². The maximum Gasteiger partial charge on any atom is 0.228 e. The number of rotatable bonds is 3. The second-order valence-electron chi connectivity index (χ2n) is 3.67. The lowest BCUT2D eigenvalue weighted by Gasteiger charge is -1.99. The van der Waals surface area contributed by atoms with Crippen molar-refractivity contribution >= 4 is 5.78 Å². The van der Waals surface area contributed by atoms with Gasteiger partial charge >= 0.3 is 0 Å². The lowest BCUT2D eigenvalue weighted by atomic mass is 10.1. The average molecular weight is 215 g/mol. The Bertz CT molecular complexity index is 514. The summed E-state index contributed by atoms with van der Waals surface area (Å²) in [7, 11) is 0. The van der Waals surface area contributed by atoms with Crippen molar-refractivity contribution in [2.45, 2.75) is 13.5 Å². The van der Waals surface area contributed by atoms with Crippen molar-refractivity contribution in [1.82, 2.24) is 0 Å². The molecular weight excluding hydrogens is 202 g/mol. The van der Waals surface area contributed by atoms with Crippen LogP contribution in [0.4, 0.5) is 0 Å². The second-order valence-corrected chi connectivity index (χ2v) is 3.67. The Hall–Kier alpha value is -1.87. The SMILES string of the molecule is Cc1cccc(C(=O)c2ccc(CN)o2)c1. The van der Waals surface area contributed by atoms with Crippen LogP contribution in [0.15, 0.2) is 40.8 Å². The quantitative estimate of drug-likeness (QED) is 0.799. The molecule has 2 rings (SSSR count). The minimum atomic E-state index is -0.108. The highest BCUT2D eigenvalue weighted by Gasteiger charge is 2.13. The van der Waals surface area contributed by atoms with Crippen molar-refractivity contribution in [3.8, 4) is 0 Å². The monoisotopic (exact) mass is 215 g/mol. The van der Waals surface area contributed by atoms with Crippen LogP contribution in [0.5, 0.6) is 0 Å². The van der Waals surface area contributed by atoms with E-state index < -0.39 is 0 Å². The van der Waals surface area contributed by atoms with Crippen LogP contribution in [0.1, 0.15) is 27.4 Å². The lowest BCUT2D eigenvalue weighted by molar-refractivity contribution is 0.101. The third kappa shape index (κ3) is 2.04. The molecule has 0 spiro atoms. The summed E-state index contributed by atoms with van der Waals surface area (Å²) in [4.78, 5) is 12.0. The molecule has 0 amide bonds. The highest BCUT2D eigenvalue weighted by atomic mass is 16.3. The van der Waals surface area contributed by atoms with E-state index in [1.165, 1.54) is 0 Å². The predicted molar refractivity (Wildman–Crippen MR) is 61.2 cm³/mol. The predicted octanol–water partition coefficient (Wildman–Crippen LogP) is 2.28. The number of carbonyl (C=O) groups is 1. The Kier molecular flexibility index (Phi) is 2.88. The maximum absolute atomic E-state index is 12.0. The molecule has 0 atom stereocenters. The molecule has 3 heteroatoms. The van der Waals surface area contributed by atoms with Crippen LogP contribution in [-0.4, -0.2) is 5.78 Å². The van der Waals surface area contributed by atoms with Gasteiger partial charge in [-0.1, -0.05) is 23.8 Å². The normalized spacial score (nSPS) is 10.4. The van der Waals surface area contributed by atoms with E-state index in [1.807, 2.05) is 25.1 Å². The fourth-order valence-electron chi connectivity index (χ4n) is 1.54. The van der Waals surface area contributed by atoms with E-state index in [-0.39, 0.29) is 5.78 Å². The van der Waals surface area contributed by atoms with E-state index in [9.17, 15) is 4.79 Å². The number of ketones is 1. The smallest absolute Gasteiger partial charge is 0.228 e. The average Bonchev–Trinajstić information content (AvgIpc) is 2.76. The van der Waals surface area contributed by atoms with Crippen LogP contribution < -0.4 is 5.73 Å². The van der Waals surface area contributed by atoms with Crippen molar-refractivity contribution in [1.29, 1.82) is 0 Å². The summed E-state index contributed by atoms with van der Waals surface area (Å²) in [6.07, 6.45) is 0. The molecule has 0 saturated heterocycles. The largest absolute Gasteiger partial charge is 0.456 e. The first-order chi connectivity index (χ1) is 7.70. The van der Waals surface area contributed by atoms with Crippen LogP contribution in [0, 0.1) is 6.92 Å². The van der Waals surface area contributed by atoms with Crippen LogP contribution in [0.2, 0.25) is 0 Å². The number of hydrogen-bond donors (Lipinski definition) is 1. The van der Waals surface area contributed by atoms with Crippen molar-refractivity contribution < 1.29 is 9.21 Å². The number of nitrogens with two attached hydrogens (primary N) is 1. The van der Waals surface area contributed by atoms with Crippen molar-refractivity contribution in [2.24, 2.45) is 5.73 Å². The number of benzene rings is 1. The first-order valence-electron chi connectivity index (χ1n) is 5.11. The maximum atomic E-state index is 12.0. The second kappa shape index (κ2) is 4.33. The van der Waals surface area contributed by atoms with Gasteiger partial charge in [0.2, 0.25) is 5.78 Å². The van der Waals surface area contributed by atoms with Crippen molar-refractivity contribution in [3.05, 3.63) is 59.0 Å². The van der Waals surface area contributed by atoms with Gasteiger partial charge in [-0.2, -0.15) is 0 Å². The number of furan rings is 1. The first kappa shape index (κ1) is 10.6. The van der Waals surface area contributed by atoms with Crippen LogP contribution in [0.3, 0.4) is 0 Å². The van der Waals surface area contributed by atoms with E-state index in [2.05, 4.69) is 0 Å². The van der Waals surface area contributed by atoms with Gasteiger partial charge in [-0.25, -0.2) is 0 Å². The van der Waals surface area contributed by atoms with Gasteiger partial charge in [0.25, 0.3) is 0 Å². The fraction of sp³-hybridized carbons (Fsp3) is 0.154. The molecule has 2 aromatic rings. The van der Waals surface area contributed by atoms with Gasteiger partial charge in [0.15, 0.2) is 5.76 Å². The van der Waals surface area contributed by atoms with Gasteiger partial charge in [0.1, 0.15) is 5.76 Å². The third-order valence-corrected chi connectivity index (χ3v) is 2.37. The molecule has 1 heterocycles. The van der Waals surface area contributed by atoms with Gasteiger partial charge in [-0.15, -0.1) is 0 Å². The molecule has 82 valence electrons. The van der Waals surface area contributed by atoms with E-state index in [0.717, 1.165) is 5.56 Å². The molecule has 0 radical (unpaired) electrons. The summed E-state index contributed by atoms with van der Waals surface area (Å²) in [6, 6.07) is 10.8. The zero-order chi connectivity index (χ0) is 11.5. The minimum absolute atomic E-state index is 0.108. The Labute approximate surface area is 93.9 Å². The molecule has 0 fully saturated rings. The minimum Gasteiger partial charge on any atom is -0.456 e. The molecule has 0 bridgehead atoms. The summed E-state index contributed by atoms with van der Waals surface area (Å²) >= 11 is 0. The summed E-state index contributed by atoms with van der Waals surface area (Å²) in [5.74, 6) is 0.852. The molecule has 0 aliphatic rings. The standard InChI is InChI=1S/C13H13NO2/c1-9-3-2-4-10(7-9)13(15)12-6-5-11(8-14)16-12/h2-7H,8,14H2,1H3. The van der Waals surface area contributed by atoms with E-state index in [0.29, 0.717) is 23.6 Å². The third-order valence-electron chi connectivity index (χ3n) is 2.37. The summed E-state index contributed by atoms with van der Waals surface area (Å²) in [6.45, 7) is 2.26. The Morgan fingerprint density at radius 3 is 2.75 bits per heavy atom. The highest BCUT2D eigenvalue weighted by molar-refractivity contribution is 6.07. The lowest BCUT2D eigenvalue weighted by Crippen LogP contribution is -2.00. The highest BCUT2D eigenvalue weighted by Crippen LogP contribution is 2.14. The molecule has 2 N–H and O–H groups in total. The molecule has 1 aromatic carbocycles. The van der Waals surface area contributed by atoms with Crippen LogP contribution in [0.25, 0.3) is 0 Å². The van der Waals surface area contributed by atoms with Crippen LogP contribution in [-0.2, 0) is 6.54 Å². The first-order valence-corrected chi connectivity index (χ1v) is 5.11. The Balaban J connectivity index is 2.31. The molecule has 16 heavy (non-hydrogen) atoms. The van der Waals surface area contributed by atoms with Gasteiger partial charge in [-0.3, -0.25) is 4.79 Å².